The molecule has 0 unspecified atom stereocenters. The van der Waals surface area contributed by atoms with Gasteiger partial charge in [-0.15, -0.1) is 0 Å². The minimum absolute atomic E-state index is 0.179. The van der Waals surface area contributed by atoms with Gasteiger partial charge in [0.15, 0.2) is 11.6 Å². The molecule has 4 nitrogen and oxygen atoms in total. The summed E-state index contributed by atoms with van der Waals surface area (Å²) in [5, 5.41) is 4.96. The van der Waals surface area contributed by atoms with Crippen molar-refractivity contribution in [2.24, 2.45) is 0 Å². The Bertz CT molecular complexity index is 996. The summed E-state index contributed by atoms with van der Waals surface area (Å²) in [6.07, 6.45) is 5.02. The van der Waals surface area contributed by atoms with E-state index in [0.717, 1.165) is 5.56 Å². The van der Waals surface area contributed by atoms with Crippen molar-refractivity contribution in [1.29, 1.82) is 0 Å². The second-order valence-corrected chi connectivity index (χ2v) is 6.23. The quantitative estimate of drug-likeness (QED) is 0.530. The monoisotopic (exact) mass is 348 g/mol. The van der Waals surface area contributed by atoms with Crippen LogP contribution in [0.25, 0.3) is 6.08 Å². The van der Waals surface area contributed by atoms with Crippen LogP contribution < -0.4 is 0 Å². The fourth-order valence-electron chi connectivity index (χ4n) is 2.91. The van der Waals surface area contributed by atoms with E-state index in [1.807, 2.05) is 24.3 Å². The SMILES string of the molecule is O=C1C(=Cc2cnn(Cc3ccccc3Cl)c2)C(=O)c2ccccc21. The van der Waals surface area contributed by atoms with Crippen LogP contribution in [0.4, 0.5) is 0 Å². The zero-order chi connectivity index (χ0) is 17.4. The van der Waals surface area contributed by atoms with Gasteiger partial charge >= 0.3 is 0 Å². The molecule has 0 amide bonds. The molecule has 0 atom stereocenters. The average Bonchev–Trinajstić information content (AvgIpc) is 3.16. The molecule has 0 bridgehead atoms. The lowest BCUT2D eigenvalue weighted by Crippen LogP contribution is -2.01. The maximum Gasteiger partial charge on any atom is 0.197 e. The second-order valence-electron chi connectivity index (χ2n) is 5.82. The maximum atomic E-state index is 12.4. The van der Waals surface area contributed by atoms with Crippen LogP contribution in [0.15, 0.2) is 66.5 Å². The molecule has 3 aromatic rings. The molecule has 0 fully saturated rings. The van der Waals surface area contributed by atoms with Crippen LogP contribution >= 0.6 is 11.6 Å². The van der Waals surface area contributed by atoms with Gasteiger partial charge in [-0.3, -0.25) is 14.3 Å². The molecule has 4 rings (SSSR count). The van der Waals surface area contributed by atoms with Gasteiger partial charge < -0.3 is 0 Å². The van der Waals surface area contributed by atoms with Gasteiger partial charge in [0.1, 0.15) is 0 Å². The fourth-order valence-corrected chi connectivity index (χ4v) is 3.11. The first kappa shape index (κ1) is 15.5. The third kappa shape index (κ3) is 2.81. The van der Waals surface area contributed by atoms with Crippen LogP contribution in [0.5, 0.6) is 0 Å². The molecule has 122 valence electrons. The van der Waals surface area contributed by atoms with Crippen LogP contribution in [0.1, 0.15) is 31.8 Å². The van der Waals surface area contributed by atoms with Crippen molar-refractivity contribution < 1.29 is 9.59 Å². The first-order valence-corrected chi connectivity index (χ1v) is 8.17. The lowest BCUT2D eigenvalue weighted by atomic mass is 10.1. The summed E-state index contributed by atoms with van der Waals surface area (Å²) in [6.45, 7) is 0.519. The number of halogens is 1. The third-order valence-corrected chi connectivity index (χ3v) is 4.53. The fraction of sp³-hybridized carbons (Fsp3) is 0.0500. The zero-order valence-corrected chi connectivity index (χ0v) is 13.9. The van der Waals surface area contributed by atoms with E-state index in [0.29, 0.717) is 28.3 Å². The molecule has 0 saturated carbocycles. The summed E-state index contributed by atoms with van der Waals surface area (Å²) in [7, 11) is 0. The minimum atomic E-state index is -0.237. The smallest absolute Gasteiger partial charge is 0.197 e. The van der Waals surface area contributed by atoms with Gasteiger partial charge in [0.2, 0.25) is 0 Å². The molecule has 1 heterocycles. The largest absolute Gasteiger partial charge is 0.288 e. The van der Waals surface area contributed by atoms with Crippen molar-refractivity contribution in [3.8, 4) is 0 Å². The molecule has 0 N–H and O–H groups in total. The summed E-state index contributed by atoms with van der Waals surface area (Å²) in [5.41, 5.74) is 2.76. The number of allylic oxidation sites excluding steroid dienone is 1. The van der Waals surface area contributed by atoms with Crippen LogP contribution in [0, 0.1) is 0 Å². The predicted molar refractivity (Wildman–Crippen MR) is 95.9 cm³/mol. The van der Waals surface area contributed by atoms with Crippen LogP contribution in [0.2, 0.25) is 5.02 Å². The zero-order valence-electron chi connectivity index (χ0n) is 13.1. The highest BCUT2D eigenvalue weighted by atomic mass is 35.5. The number of hydrogen-bond acceptors (Lipinski definition) is 3. The van der Waals surface area contributed by atoms with E-state index in [9.17, 15) is 9.59 Å². The number of carbonyl (C=O) groups excluding carboxylic acids is 2. The summed E-state index contributed by atoms with van der Waals surface area (Å²) in [4.78, 5) is 24.8. The van der Waals surface area contributed by atoms with E-state index in [1.54, 1.807) is 47.4 Å². The number of benzene rings is 2. The Hall–Kier alpha value is -2.98. The Morgan fingerprint density at radius 1 is 0.960 bits per heavy atom. The van der Waals surface area contributed by atoms with Gasteiger partial charge in [-0.25, -0.2) is 0 Å². The summed E-state index contributed by atoms with van der Waals surface area (Å²) in [6, 6.07) is 14.4. The highest BCUT2D eigenvalue weighted by Gasteiger charge is 2.32. The highest BCUT2D eigenvalue weighted by molar-refractivity contribution is 6.41. The van der Waals surface area contributed by atoms with Gasteiger partial charge in [0, 0.05) is 27.9 Å². The average molecular weight is 349 g/mol. The normalized spacial score (nSPS) is 13.2. The van der Waals surface area contributed by atoms with Crippen LogP contribution in [-0.4, -0.2) is 21.3 Å². The molecule has 0 aliphatic heterocycles. The van der Waals surface area contributed by atoms with E-state index < -0.39 is 0 Å². The van der Waals surface area contributed by atoms with Crippen LogP contribution in [-0.2, 0) is 6.54 Å². The van der Waals surface area contributed by atoms with Crippen molar-refractivity contribution in [2.45, 2.75) is 6.54 Å². The lowest BCUT2D eigenvalue weighted by molar-refractivity contribution is 0.0990. The molecule has 5 heteroatoms. The maximum absolute atomic E-state index is 12.4. The molecule has 25 heavy (non-hydrogen) atoms. The number of Topliss-reactive ketones (excluding diaryl/α,β-unsaturated/α-hetero) is 2. The van der Waals surface area contributed by atoms with Crippen molar-refractivity contribution >= 4 is 29.2 Å². The van der Waals surface area contributed by atoms with Crippen molar-refractivity contribution in [3.63, 3.8) is 0 Å². The molecule has 0 radical (unpaired) electrons. The summed E-state index contributed by atoms with van der Waals surface area (Å²) < 4.78 is 1.73. The van der Waals surface area contributed by atoms with E-state index >= 15 is 0 Å². The Morgan fingerprint density at radius 2 is 1.60 bits per heavy atom. The molecule has 1 aliphatic carbocycles. The molecule has 1 aliphatic rings. The lowest BCUT2D eigenvalue weighted by Gasteiger charge is -2.03. The standard InChI is InChI=1S/C20H13ClN2O2/c21-18-8-4-1-5-14(18)12-23-11-13(10-22-23)9-17-19(24)15-6-2-3-7-16(15)20(17)25/h1-11H,12H2. The molecule has 0 spiro atoms. The van der Waals surface area contributed by atoms with Gasteiger partial charge in [0.05, 0.1) is 18.3 Å². The van der Waals surface area contributed by atoms with E-state index in [4.69, 9.17) is 11.6 Å². The van der Waals surface area contributed by atoms with E-state index in [1.165, 1.54) is 0 Å². The van der Waals surface area contributed by atoms with Crippen molar-refractivity contribution in [3.05, 3.63) is 93.8 Å². The molecule has 1 aromatic heterocycles. The Labute approximate surface area is 149 Å². The topological polar surface area (TPSA) is 52.0 Å². The number of aromatic nitrogens is 2. The number of carbonyl (C=O) groups is 2. The van der Waals surface area contributed by atoms with Crippen molar-refractivity contribution in [2.75, 3.05) is 0 Å². The molecular formula is C20H13ClN2O2. The van der Waals surface area contributed by atoms with Gasteiger partial charge in [-0.1, -0.05) is 54.1 Å². The van der Waals surface area contributed by atoms with Gasteiger partial charge in [-0.2, -0.15) is 5.10 Å². The first-order valence-electron chi connectivity index (χ1n) is 7.79. The van der Waals surface area contributed by atoms with Crippen molar-refractivity contribution in [1.82, 2.24) is 9.78 Å². The van der Waals surface area contributed by atoms with E-state index in [-0.39, 0.29) is 17.1 Å². The third-order valence-electron chi connectivity index (χ3n) is 4.16. The van der Waals surface area contributed by atoms with E-state index in [2.05, 4.69) is 5.10 Å². The number of rotatable bonds is 3. The summed E-state index contributed by atoms with van der Waals surface area (Å²) in [5.74, 6) is -0.473. The number of nitrogens with zero attached hydrogens (tertiary/aromatic N) is 2. The second kappa shape index (κ2) is 6.15. The van der Waals surface area contributed by atoms with Crippen LogP contribution in [0.3, 0.4) is 0 Å². The minimum Gasteiger partial charge on any atom is -0.288 e. The van der Waals surface area contributed by atoms with Gasteiger partial charge in [0.25, 0.3) is 0 Å². The Balaban J connectivity index is 1.62. The molecular weight excluding hydrogens is 336 g/mol. The highest BCUT2D eigenvalue weighted by Crippen LogP contribution is 2.27. The molecule has 2 aromatic carbocycles. The summed E-state index contributed by atoms with van der Waals surface area (Å²) >= 11 is 6.17. The Kier molecular flexibility index (Phi) is 3.82. The first-order chi connectivity index (χ1) is 12.1. The van der Waals surface area contributed by atoms with Gasteiger partial charge in [-0.05, 0) is 17.7 Å². The number of hydrogen-bond donors (Lipinski definition) is 0. The predicted octanol–water partition coefficient (Wildman–Crippen LogP) is 4.05. The number of fused-ring (bicyclic) bond motifs is 1. The molecule has 0 saturated heterocycles. The Morgan fingerprint density at radius 3 is 2.28 bits per heavy atom. The number of ketones is 2.